The topological polar surface area (TPSA) is 81.1 Å². The Morgan fingerprint density at radius 2 is 1.66 bits per heavy atom. The normalized spacial score (nSPS) is 12.0. The number of imidazole rings is 1. The number of hydrogen-bond donors (Lipinski definition) is 2. The van der Waals surface area contributed by atoms with Gasteiger partial charge in [0.05, 0.1) is 17.0 Å². The number of nitrogens with one attached hydrogen (secondary N) is 2. The second-order valence-corrected chi connectivity index (χ2v) is 10.3. The van der Waals surface area contributed by atoms with E-state index in [0.29, 0.717) is 35.0 Å². The van der Waals surface area contributed by atoms with E-state index in [9.17, 15) is 18.0 Å². The van der Waals surface area contributed by atoms with Crippen LogP contribution in [0.15, 0.2) is 103 Å². The minimum absolute atomic E-state index is 0.0308. The van der Waals surface area contributed by atoms with E-state index >= 15 is 0 Å². The number of rotatable bonds is 10. The molecule has 7 nitrogen and oxygen atoms in total. The zero-order valence-corrected chi connectivity index (χ0v) is 24.3. The molecule has 0 unspecified atom stereocenters. The first kappa shape index (κ1) is 30.3. The van der Waals surface area contributed by atoms with E-state index in [-0.39, 0.29) is 19.2 Å². The summed E-state index contributed by atoms with van der Waals surface area (Å²) in [7, 11) is 1.81. The fourth-order valence-electron chi connectivity index (χ4n) is 4.90. The fourth-order valence-corrected chi connectivity index (χ4v) is 4.90. The molecule has 1 atom stereocenters. The quantitative estimate of drug-likeness (QED) is 0.171. The van der Waals surface area contributed by atoms with Gasteiger partial charge in [-0.05, 0) is 42.3 Å². The predicted molar refractivity (Wildman–Crippen MR) is 164 cm³/mol. The van der Waals surface area contributed by atoms with E-state index in [1.165, 1.54) is 6.07 Å². The maximum Gasteiger partial charge on any atom is 0.416 e. The van der Waals surface area contributed by atoms with Gasteiger partial charge in [0.2, 0.25) is 0 Å². The zero-order valence-electron chi connectivity index (χ0n) is 24.3. The third kappa shape index (κ3) is 7.44. The Hall–Kier alpha value is -5.12. The molecule has 0 aliphatic carbocycles. The molecule has 1 amide bonds. The molecule has 3 aromatic carbocycles. The van der Waals surface area contributed by atoms with Crippen LogP contribution in [0.3, 0.4) is 0 Å². The Morgan fingerprint density at radius 3 is 2.39 bits per heavy atom. The first-order chi connectivity index (χ1) is 21.2. The minimum atomic E-state index is -4.50. The number of ether oxygens (including phenoxy) is 1. The largest absolute Gasteiger partial charge is 0.445 e. The minimum Gasteiger partial charge on any atom is -0.445 e. The van der Waals surface area contributed by atoms with Gasteiger partial charge < -0.3 is 19.9 Å². The molecule has 0 radical (unpaired) electrons. The Labute approximate surface area is 253 Å². The highest BCUT2D eigenvalue weighted by Gasteiger charge is 2.31. The number of carbonyl (C=O) groups is 1. The van der Waals surface area contributed by atoms with Crippen LogP contribution in [0.25, 0.3) is 22.5 Å². The summed E-state index contributed by atoms with van der Waals surface area (Å²) in [5, 5.41) is 6.13. The second kappa shape index (κ2) is 13.5. The highest BCUT2D eigenvalue weighted by atomic mass is 19.4. The number of halogens is 3. The average molecular weight is 600 g/mol. The lowest BCUT2D eigenvalue weighted by Gasteiger charge is -2.16. The summed E-state index contributed by atoms with van der Waals surface area (Å²) in [6, 6.07) is 28.0. The van der Waals surface area contributed by atoms with Gasteiger partial charge in [0.1, 0.15) is 18.2 Å². The summed E-state index contributed by atoms with van der Waals surface area (Å²) in [5.41, 5.74) is 3.28. The number of nitrogens with zero attached hydrogens (tertiary/aromatic N) is 3. The highest BCUT2D eigenvalue weighted by Crippen LogP contribution is 2.37. The summed E-state index contributed by atoms with van der Waals surface area (Å²) in [6.07, 6.45) is -3.09. The van der Waals surface area contributed by atoms with Gasteiger partial charge in [0, 0.05) is 43.4 Å². The lowest BCUT2D eigenvalue weighted by atomic mass is 10.0. The van der Waals surface area contributed by atoms with Gasteiger partial charge in [-0.1, -0.05) is 72.8 Å². The van der Waals surface area contributed by atoms with E-state index in [1.807, 2.05) is 85.3 Å². The molecule has 0 aliphatic rings. The van der Waals surface area contributed by atoms with Crippen molar-refractivity contribution in [3.63, 3.8) is 0 Å². The van der Waals surface area contributed by atoms with Crippen molar-refractivity contribution in [2.24, 2.45) is 7.05 Å². The number of carbonyl (C=O) groups excluding carboxylic acids is 1. The zero-order chi connectivity index (χ0) is 31.1. The molecule has 10 heteroatoms. The van der Waals surface area contributed by atoms with Crippen molar-refractivity contribution in [1.82, 2.24) is 19.9 Å². The molecule has 2 N–H and O–H groups in total. The number of benzene rings is 3. The summed E-state index contributed by atoms with van der Waals surface area (Å²) in [4.78, 5) is 21.5. The van der Waals surface area contributed by atoms with Crippen LogP contribution in [0.5, 0.6) is 0 Å². The number of hydrogen-bond acceptors (Lipinski definition) is 5. The van der Waals surface area contributed by atoms with Gasteiger partial charge in [0.25, 0.3) is 0 Å². The van der Waals surface area contributed by atoms with Crippen molar-refractivity contribution in [3.8, 4) is 22.5 Å². The number of anilines is 1. The molecular formula is C34H32F3N5O2. The van der Waals surface area contributed by atoms with Crippen LogP contribution in [-0.2, 0) is 31.0 Å². The van der Waals surface area contributed by atoms with Crippen LogP contribution in [0.2, 0.25) is 0 Å². The predicted octanol–water partition coefficient (Wildman–Crippen LogP) is 7.81. The van der Waals surface area contributed by atoms with Crippen molar-refractivity contribution in [2.45, 2.75) is 32.2 Å². The monoisotopic (exact) mass is 599 g/mol. The molecule has 0 saturated heterocycles. The molecular weight excluding hydrogens is 567 g/mol. The first-order valence-corrected chi connectivity index (χ1v) is 14.1. The fraction of sp³-hybridized carbons (Fsp3) is 0.206. The Morgan fingerprint density at radius 1 is 0.932 bits per heavy atom. The number of aromatic nitrogens is 3. The Kier molecular flexibility index (Phi) is 9.28. The van der Waals surface area contributed by atoms with Crippen LogP contribution in [0.1, 0.15) is 35.5 Å². The maximum atomic E-state index is 13.6. The van der Waals surface area contributed by atoms with Crippen molar-refractivity contribution < 1.29 is 22.7 Å². The third-order valence-electron chi connectivity index (χ3n) is 7.18. The highest BCUT2D eigenvalue weighted by molar-refractivity contribution is 5.80. The summed E-state index contributed by atoms with van der Waals surface area (Å²) in [6.45, 7) is 2.38. The molecule has 5 aromatic rings. The van der Waals surface area contributed by atoms with E-state index < -0.39 is 17.8 Å². The van der Waals surface area contributed by atoms with Crippen LogP contribution in [0, 0.1) is 0 Å². The molecule has 0 spiro atoms. The van der Waals surface area contributed by atoms with Crippen LogP contribution in [0.4, 0.5) is 23.8 Å². The van der Waals surface area contributed by atoms with Crippen LogP contribution < -0.4 is 10.6 Å². The average Bonchev–Trinajstić information content (AvgIpc) is 3.36. The second-order valence-electron chi connectivity index (χ2n) is 10.3. The Bertz CT molecular complexity index is 1710. The molecule has 0 saturated carbocycles. The smallest absolute Gasteiger partial charge is 0.416 e. The van der Waals surface area contributed by atoms with Gasteiger partial charge in [-0.3, -0.25) is 0 Å². The van der Waals surface area contributed by atoms with Crippen molar-refractivity contribution in [3.05, 3.63) is 126 Å². The van der Waals surface area contributed by atoms with Crippen LogP contribution in [-0.4, -0.2) is 27.2 Å². The lowest BCUT2D eigenvalue weighted by Crippen LogP contribution is -2.27. The van der Waals surface area contributed by atoms with E-state index in [2.05, 4.69) is 15.6 Å². The van der Waals surface area contributed by atoms with Crippen LogP contribution >= 0.6 is 0 Å². The number of alkyl carbamates (subject to hydrolysis) is 1. The SMILES string of the molecule is C[C@H](Nc1cc(-c2c(-c3cccc(C(F)(F)F)c3)nc(CCNC(=O)OCc3ccccc3)n2C)ccn1)c1ccccc1. The van der Waals surface area contributed by atoms with Gasteiger partial charge in [-0.2, -0.15) is 13.2 Å². The number of amides is 1. The molecule has 44 heavy (non-hydrogen) atoms. The molecule has 0 aliphatic heterocycles. The number of pyridine rings is 1. The van der Waals surface area contributed by atoms with Gasteiger partial charge >= 0.3 is 12.3 Å². The maximum absolute atomic E-state index is 13.6. The van der Waals surface area contributed by atoms with E-state index in [0.717, 1.165) is 28.8 Å². The van der Waals surface area contributed by atoms with Gasteiger partial charge in [-0.25, -0.2) is 14.8 Å². The lowest BCUT2D eigenvalue weighted by molar-refractivity contribution is -0.137. The molecule has 5 rings (SSSR count). The van der Waals surface area contributed by atoms with E-state index in [4.69, 9.17) is 9.72 Å². The summed E-state index contributed by atoms with van der Waals surface area (Å²) in [5.74, 6) is 1.19. The number of alkyl halides is 3. The molecule has 0 bridgehead atoms. The third-order valence-corrected chi connectivity index (χ3v) is 7.18. The Balaban J connectivity index is 1.41. The summed E-state index contributed by atoms with van der Waals surface area (Å²) < 4.78 is 48.0. The van der Waals surface area contributed by atoms with Gasteiger partial charge in [-0.15, -0.1) is 0 Å². The van der Waals surface area contributed by atoms with E-state index in [1.54, 1.807) is 18.3 Å². The van der Waals surface area contributed by atoms with Crippen molar-refractivity contribution in [1.29, 1.82) is 0 Å². The summed E-state index contributed by atoms with van der Waals surface area (Å²) >= 11 is 0. The van der Waals surface area contributed by atoms with Gasteiger partial charge in [0.15, 0.2) is 0 Å². The molecule has 226 valence electrons. The standard InChI is InChI=1S/C34H32F3N5O2/c1-23(25-12-7-4-8-13-25)40-29-21-27(16-18-38-29)32-31(26-14-9-15-28(20-26)34(35,36)37)41-30(42(32)2)17-19-39-33(43)44-22-24-10-5-3-6-11-24/h3-16,18,20-21,23H,17,19,22H2,1-2H3,(H,38,40)(H,39,43)/t23-/m0/s1. The molecule has 0 fully saturated rings. The molecule has 2 heterocycles. The molecule has 2 aromatic heterocycles. The van der Waals surface area contributed by atoms with Crippen molar-refractivity contribution >= 4 is 11.9 Å². The van der Waals surface area contributed by atoms with Crippen molar-refractivity contribution in [2.75, 3.05) is 11.9 Å². The first-order valence-electron chi connectivity index (χ1n) is 14.1.